The smallest absolute Gasteiger partial charge is 0.124 e. The molecule has 4 nitrogen and oxygen atoms in total. The molecule has 0 spiro atoms. The van der Waals surface area contributed by atoms with Crippen LogP contribution in [0.5, 0.6) is 11.5 Å². The zero-order valence-corrected chi connectivity index (χ0v) is 12.1. The Morgan fingerprint density at radius 1 is 1.19 bits per heavy atom. The second-order valence-corrected chi connectivity index (χ2v) is 5.62. The van der Waals surface area contributed by atoms with Crippen LogP contribution in [0.25, 0.3) is 0 Å². The molecule has 1 aliphatic rings. The summed E-state index contributed by atoms with van der Waals surface area (Å²) in [7, 11) is 0. The maximum Gasteiger partial charge on any atom is 0.124 e. The lowest BCUT2D eigenvalue weighted by Crippen LogP contribution is -2.33. The average Bonchev–Trinajstić information content (AvgIpc) is 2.46. The highest BCUT2D eigenvalue weighted by atomic mass is 16.3. The predicted molar refractivity (Wildman–Crippen MR) is 83.2 cm³/mol. The SMILES string of the molecule is CC(c1ccc(O)cc1O)N1CCc2c(N)cccc2C1. The molecular formula is C17H20N2O2. The Bertz CT molecular complexity index is 670. The Labute approximate surface area is 124 Å². The molecular weight excluding hydrogens is 264 g/mol. The van der Waals surface area contributed by atoms with Gasteiger partial charge in [0.25, 0.3) is 0 Å². The molecule has 0 fully saturated rings. The Balaban J connectivity index is 1.85. The van der Waals surface area contributed by atoms with E-state index in [0.717, 1.165) is 30.8 Å². The molecule has 0 saturated carbocycles. The van der Waals surface area contributed by atoms with E-state index in [1.54, 1.807) is 12.1 Å². The van der Waals surface area contributed by atoms with Crippen molar-refractivity contribution in [2.45, 2.75) is 25.9 Å². The van der Waals surface area contributed by atoms with Gasteiger partial charge in [-0.05, 0) is 36.6 Å². The zero-order valence-electron chi connectivity index (χ0n) is 12.1. The van der Waals surface area contributed by atoms with Crippen molar-refractivity contribution >= 4 is 5.69 Å². The van der Waals surface area contributed by atoms with Gasteiger partial charge >= 0.3 is 0 Å². The van der Waals surface area contributed by atoms with E-state index < -0.39 is 0 Å². The van der Waals surface area contributed by atoms with Gasteiger partial charge in [-0.15, -0.1) is 0 Å². The standard InChI is InChI=1S/C17H20N2O2/c1-11(14-6-5-13(20)9-17(14)21)19-8-7-15-12(10-19)3-2-4-16(15)18/h2-6,9,11,20-21H,7-8,10,18H2,1H3. The number of hydrogen-bond acceptors (Lipinski definition) is 4. The van der Waals surface area contributed by atoms with Gasteiger partial charge in [-0.2, -0.15) is 0 Å². The number of rotatable bonds is 2. The summed E-state index contributed by atoms with van der Waals surface area (Å²) >= 11 is 0. The normalized spacial score (nSPS) is 16.4. The lowest BCUT2D eigenvalue weighted by molar-refractivity contribution is 0.189. The van der Waals surface area contributed by atoms with Crippen molar-refractivity contribution in [3.63, 3.8) is 0 Å². The minimum atomic E-state index is 0.0835. The summed E-state index contributed by atoms with van der Waals surface area (Å²) in [6.45, 7) is 3.80. The van der Waals surface area contributed by atoms with E-state index in [4.69, 9.17) is 5.73 Å². The predicted octanol–water partition coefficient (Wildman–Crippen LogP) is 2.80. The molecule has 0 radical (unpaired) electrons. The molecule has 1 aliphatic heterocycles. The summed E-state index contributed by atoms with van der Waals surface area (Å²) in [5, 5.41) is 19.4. The summed E-state index contributed by atoms with van der Waals surface area (Å²) in [6.07, 6.45) is 0.922. The molecule has 0 aromatic heterocycles. The number of nitrogens with two attached hydrogens (primary N) is 1. The van der Waals surface area contributed by atoms with Gasteiger partial charge in [0.2, 0.25) is 0 Å². The molecule has 2 aromatic rings. The van der Waals surface area contributed by atoms with Crippen molar-refractivity contribution in [1.29, 1.82) is 0 Å². The molecule has 0 amide bonds. The minimum Gasteiger partial charge on any atom is -0.508 e. The number of nitrogens with zero attached hydrogens (tertiary/aromatic N) is 1. The Hall–Kier alpha value is -2.20. The number of aromatic hydroxyl groups is 2. The number of benzene rings is 2. The van der Waals surface area contributed by atoms with Gasteiger partial charge in [0.05, 0.1) is 0 Å². The largest absolute Gasteiger partial charge is 0.508 e. The fraction of sp³-hybridized carbons (Fsp3) is 0.294. The first kappa shape index (κ1) is 13.8. The van der Waals surface area contributed by atoms with Crippen molar-refractivity contribution in [3.05, 3.63) is 53.1 Å². The van der Waals surface area contributed by atoms with Crippen molar-refractivity contribution in [3.8, 4) is 11.5 Å². The summed E-state index contributed by atoms with van der Waals surface area (Å²) < 4.78 is 0. The molecule has 2 aromatic carbocycles. The van der Waals surface area contributed by atoms with Crippen LogP contribution in [0.3, 0.4) is 0 Å². The third-order valence-electron chi connectivity index (χ3n) is 4.34. The molecule has 0 aliphatic carbocycles. The van der Waals surface area contributed by atoms with Crippen molar-refractivity contribution in [2.24, 2.45) is 0 Å². The van der Waals surface area contributed by atoms with Crippen LogP contribution in [0, 0.1) is 0 Å². The van der Waals surface area contributed by atoms with Crippen LogP contribution in [0.1, 0.15) is 29.7 Å². The molecule has 110 valence electrons. The number of anilines is 1. The maximum absolute atomic E-state index is 10.0. The summed E-state index contributed by atoms with van der Waals surface area (Å²) in [6, 6.07) is 10.9. The second kappa shape index (κ2) is 5.30. The topological polar surface area (TPSA) is 69.7 Å². The molecule has 4 N–H and O–H groups in total. The highest BCUT2D eigenvalue weighted by molar-refractivity contribution is 5.52. The van der Waals surface area contributed by atoms with Gasteiger partial charge in [0.15, 0.2) is 0 Å². The quantitative estimate of drug-likeness (QED) is 0.742. The zero-order chi connectivity index (χ0) is 15.0. The first-order valence-corrected chi connectivity index (χ1v) is 7.18. The molecule has 4 heteroatoms. The van der Waals surface area contributed by atoms with Crippen molar-refractivity contribution in [2.75, 3.05) is 12.3 Å². The molecule has 0 bridgehead atoms. The third-order valence-corrected chi connectivity index (χ3v) is 4.34. The lowest BCUT2D eigenvalue weighted by Gasteiger charge is -2.34. The Morgan fingerprint density at radius 3 is 2.76 bits per heavy atom. The molecule has 0 saturated heterocycles. The van der Waals surface area contributed by atoms with E-state index in [-0.39, 0.29) is 17.5 Å². The van der Waals surface area contributed by atoms with E-state index in [0.29, 0.717) is 0 Å². The van der Waals surface area contributed by atoms with Gasteiger partial charge in [-0.25, -0.2) is 0 Å². The monoisotopic (exact) mass is 284 g/mol. The van der Waals surface area contributed by atoms with Crippen LogP contribution in [0.15, 0.2) is 36.4 Å². The number of fused-ring (bicyclic) bond motifs is 1. The van der Waals surface area contributed by atoms with Crippen LogP contribution in [-0.2, 0) is 13.0 Å². The minimum absolute atomic E-state index is 0.0835. The van der Waals surface area contributed by atoms with E-state index >= 15 is 0 Å². The van der Waals surface area contributed by atoms with E-state index in [2.05, 4.69) is 17.9 Å². The molecule has 1 unspecified atom stereocenters. The second-order valence-electron chi connectivity index (χ2n) is 5.62. The lowest BCUT2D eigenvalue weighted by atomic mass is 9.95. The number of phenols is 2. The van der Waals surface area contributed by atoms with E-state index in [1.165, 1.54) is 17.2 Å². The van der Waals surface area contributed by atoms with Crippen LogP contribution in [0.4, 0.5) is 5.69 Å². The average molecular weight is 284 g/mol. The van der Waals surface area contributed by atoms with Crippen LogP contribution < -0.4 is 5.73 Å². The van der Waals surface area contributed by atoms with Gasteiger partial charge < -0.3 is 15.9 Å². The number of hydrogen-bond donors (Lipinski definition) is 3. The highest BCUT2D eigenvalue weighted by Crippen LogP contribution is 2.34. The van der Waals surface area contributed by atoms with Gasteiger partial charge in [0.1, 0.15) is 11.5 Å². The van der Waals surface area contributed by atoms with Gasteiger partial charge in [-0.1, -0.05) is 18.2 Å². The molecule has 3 rings (SSSR count). The number of nitrogen functional groups attached to an aromatic ring is 1. The summed E-state index contributed by atoms with van der Waals surface area (Å²) in [5.41, 5.74) is 10.2. The van der Waals surface area contributed by atoms with E-state index in [1.807, 2.05) is 12.1 Å². The first-order chi connectivity index (χ1) is 10.1. The van der Waals surface area contributed by atoms with Gasteiger partial charge in [-0.3, -0.25) is 4.90 Å². The maximum atomic E-state index is 10.0. The van der Waals surface area contributed by atoms with Crippen molar-refractivity contribution < 1.29 is 10.2 Å². The van der Waals surface area contributed by atoms with Crippen LogP contribution in [0.2, 0.25) is 0 Å². The number of phenolic OH excluding ortho intramolecular Hbond substituents is 2. The third kappa shape index (κ3) is 2.54. The summed E-state index contributed by atoms with van der Waals surface area (Å²) in [4.78, 5) is 2.31. The van der Waals surface area contributed by atoms with Crippen molar-refractivity contribution in [1.82, 2.24) is 4.90 Å². The molecule has 21 heavy (non-hydrogen) atoms. The fourth-order valence-electron chi connectivity index (χ4n) is 3.07. The molecule has 1 atom stereocenters. The van der Waals surface area contributed by atoms with E-state index in [9.17, 15) is 10.2 Å². The molecule has 1 heterocycles. The first-order valence-electron chi connectivity index (χ1n) is 7.18. The summed E-state index contributed by atoms with van der Waals surface area (Å²) in [5.74, 6) is 0.223. The van der Waals surface area contributed by atoms with Crippen LogP contribution in [-0.4, -0.2) is 21.7 Å². The fourth-order valence-corrected chi connectivity index (χ4v) is 3.07. The van der Waals surface area contributed by atoms with Crippen LogP contribution >= 0.6 is 0 Å². The Kier molecular flexibility index (Phi) is 3.47. The highest BCUT2D eigenvalue weighted by Gasteiger charge is 2.24. The van der Waals surface area contributed by atoms with Gasteiger partial charge in [0, 0.05) is 36.4 Å². The Morgan fingerprint density at radius 2 is 2.00 bits per heavy atom.